The number of hydrogen-bond acceptors (Lipinski definition) is 2. The maximum atomic E-state index is 12.1. The van der Waals surface area contributed by atoms with Crippen LogP contribution in [-0.2, 0) is 20.4 Å². The fourth-order valence-corrected chi connectivity index (χ4v) is 7.98. The predicted molar refractivity (Wildman–Crippen MR) is 134 cm³/mol. The number of hydrogen-bond donors (Lipinski definition) is 0. The van der Waals surface area contributed by atoms with E-state index < -0.39 is 0 Å². The predicted octanol–water partition coefficient (Wildman–Crippen LogP) is 7.81. The average molecular weight is 439 g/mol. The highest BCUT2D eigenvalue weighted by atomic mass is 16.1. The molecule has 32 heavy (non-hydrogen) atoms. The van der Waals surface area contributed by atoms with Gasteiger partial charge in [-0.3, -0.25) is 9.59 Å². The van der Waals surface area contributed by atoms with Crippen molar-refractivity contribution >= 4 is 11.6 Å². The Hall–Kier alpha value is -1.44. The van der Waals surface area contributed by atoms with Gasteiger partial charge in [-0.1, -0.05) is 65.8 Å². The molecule has 4 atom stereocenters. The Morgan fingerprint density at radius 2 is 1.09 bits per heavy atom. The second-order valence-electron chi connectivity index (χ2n) is 11.0. The molecule has 178 valence electrons. The highest BCUT2D eigenvalue weighted by Crippen LogP contribution is 2.51. The van der Waals surface area contributed by atoms with Crippen LogP contribution in [0.5, 0.6) is 0 Å². The summed E-state index contributed by atoms with van der Waals surface area (Å²) in [6.45, 7) is 14.0. The molecule has 0 aromatic heterocycles. The molecule has 0 aliphatic heterocycles. The van der Waals surface area contributed by atoms with Gasteiger partial charge in [-0.2, -0.15) is 0 Å². The summed E-state index contributed by atoms with van der Waals surface area (Å²) < 4.78 is 0. The smallest absolute Gasteiger partial charge is 0.133 e. The highest BCUT2D eigenvalue weighted by Gasteiger charge is 2.45. The first-order valence-electron chi connectivity index (χ1n) is 13.4. The molecule has 0 amide bonds. The van der Waals surface area contributed by atoms with Crippen LogP contribution in [0.2, 0.25) is 0 Å². The summed E-state index contributed by atoms with van der Waals surface area (Å²) in [5.74, 6) is 2.92. The molecule has 1 aromatic carbocycles. The zero-order valence-corrected chi connectivity index (χ0v) is 21.5. The molecule has 2 fully saturated rings. The summed E-state index contributed by atoms with van der Waals surface area (Å²) in [6, 6.07) is 9.57. The van der Waals surface area contributed by atoms with E-state index in [0.29, 0.717) is 35.2 Å². The lowest BCUT2D eigenvalue weighted by molar-refractivity contribution is -0.124. The zero-order chi connectivity index (χ0) is 23.5. The van der Waals surface area contributed by atoms with Crippen molar-refractivity contribution in [3.8, 4) is 0 Å². The zero-order valence-electron chi connectivity index (χ0n) is 21.5. The largest absolute Gasteiger partial charge is 0.300 e. The molecular formula is C30H46O2. The van der Waals surface area contributed by atoms with Gasteiger partial charge in [0.2, 0.25) is 0 Å². The van der Waals surface area contributed by atoms with Crippen LogP contribution >= 0.6 is 0 Å². The molecule has 0 radical (unpaired) electrons. The van der Waals surface area contributed by atoms with Gasteiger partial charge in [0, 0.05) is 25.7 Å². The summed E-state index contributed by atoms with van der Waals surface area (Å²) in [5, 5.41) is 0. The van der Waals surface area contributed by atoms with Gasteiger partial charge in [0.05, 0.1) is 0 Å². The number of benzene rings is 1. The van der Waals surface area contributed by atoms with Crippen molar-refractivity contribution < 1.29 is 9.59 Å². The van der Waals surface area contributed by atoms with Gasteiger partial charge in [0.25, 0.3) is 0 Å². The molecule has 4 unspecified atom stereocenters. The van der Waals surface area contributed by atoms with Crippen LogP contribution in [0.25, 0.3) is 0 Å². The van der Waals surface area contributed by atoms with Crippen LogP contribution in [-0.4, -0.2) is 11.6 Å². The summed E-state index contributed by atoms with van der Waals surface area (Å²) >= 11 is 0. The average Bonchev–Trinajstić information content (AvgIpc) is 2.79. The van der Waals surface area contributed by atoms with Crippen molar-refractivity contribution in [1.29, 1.82) is 0 Å². The van der Waals surface area contributed by atoms with Gasteiger partial charge < -0.3 is 0 Å². The molecule has 0 heterocycles. The van der Waals surface area contributed by atoms with Crippen molar-refractivity contribution in [1.82, 2.24) is 0 Å². The van der Waals surface area contributed by atoms with E-state index in [1.165, 1.54) is 11.1 Å². The minimum atomic E-state index is 0.136. The van der Waals surface area contributed by atoms with E-state index in [2.05, 4.69) is 65.8 Å². The van der Waals surface area contributed by atoms with E-state index in [1.54, 1.807) is 0 Å². The van der Waals surface area contributed by atoms with E-state index in [4.69, 9.17) is 0 Å². The topological polar surface area (TPSA) is 34.1 Å². The first-order valence-corrected chi connectivity index (χ1v) is 13.4. The molecule has 2 aliphatic rings. The summed E-state index contributed by atoms with van der Waals surface area (Å²) in [6.07, 6.45) is 9.52. The van der Waals surface area contributed by atoms with Gasteiger partial charge in [0.15, 0.2) is 0 Å². The van der Waals surface area contributed by atoms with Gasteiger partial charge in [-0.25, -0.2) is 0 Å². The second-order valence-corrected chi connectivity index (χ2v) is 11.0. The van der Waals surface area contributed by atoms with E-state index >= 15 is 0 Å². The van der Waals surface area contributed by atoms with E-state index in [0.717, 1.165) is 64.2 Å². The number of Topliss-reactive ketones (excluding diaryl/α,β-unsaturated/α-hetero) is 2. The van der Waals surface area contributed by atoms with Crippen LogP contribution in [0.3, 0.4) is 0 Å². The van der Waals surface area contributed by atoms with Crippen LogP contribution in [0.15, 0.2) is 24.3 Å². The molecule has 3 rings (SSSR count). The Balaban J connectivity index is 2.05. The molecule has 2 saturated carbocycles. The normalized spacial score (nSPS) is 27.6. The standard InChI is InChI=1S/C30H46O2/c1-7-29(8-2,27-16-14-25(31)18-21(27)5)23-12-11-13-24(20-23)30(9-3,10-4)28-17-15-26(32)19-22(28)6/h11-13,20-22,27-28H,7-10,14-19H2,1-6H3. The number of carbonyl (C=O) groups is 2. The molecular weight excluding hydrogens is 392 g/mol. The lowest BCUT2D eigenvalue weighted by atomic mass is 9.56. The third kappa shape index (κ3) is 4.36. The number of carbonyl (C=O) groups excluding carboxylic acids is 2. The monoisotopic (exact) mass is 438 g/mol. The van der Waals surface area contributed by atoms with E-state index in [-0.39, 0.29) is 10.8 Å². The van der Waals surface area contributed by atoms with E-state index in [9.17, 15) is 9.59 Å². The Kier molecular flexibility index (Phi) is 8.05. The lowest BCUT2D eigenvalue weighted by Crippen LogP contribution is -2.43. The number of rotatable bonds is 8. The van der Waals surface area contributed by atoms with Crippen molar-refractivity contribution in [3.63, 3.8) is 0 Å². The third-order valence-electron chi connectivity index (χ3n) is 9.90. The second kappa shape index (κ2) is 10.2. The molecule has 0 saturated heterocycles. The first kappa shape index (κ1) is 25.2. The Labute approximate surface area is 197 Å². The summed E-state index contributed by atoms with van der Waals surface area (Å²) in [4.78, 5) is 24.3. The lowest BCUT2D eigenvalue weighted by Gasteiger charge is -2.48. The Bertz CT molecular complexity index is 736. The van der Waals surface area contributed by atoms with Crippen LogP contribution in [0, 0.1) is 23.7 Å². The molecule has 0 bridgehead atoms. The number of ketones is 2. The molecule has 2 aliphatic carbocycles. The fraction of sp³-hybridized carbons (Fsp3) is 0.733. The van der Waals surface area contributed by atoms with Gasteiger partial charge in [-0.15, -0.1) is 0 Å². The van der Waals surface area contributed by atoms with Gasteiger partial charge in [0.1, 0.15) is 11.6 Å². The maximum absolute atomic E-state index is 12.1. The van der Waals surface area contributed by atoms with Crippen LogP contribution in [0.1, 0.15) is 117 Å². The molecule has 2 nitrogen and oxygen atoms in total. The minimum absolute atomic E-state index is 0.136. The van der Waals surface area contributed by atoms with Crippen molar-refractivity contribution in [2.75, 3.05) is 0 Å². The van der Waals surface area contributed by atoms with Crippen LogP contribution < -0.4 is 0 Å². The molecule has 1 aromatic rings. The molecule has 2 heteroatoms. The van der Waals surface area contributed by atoms with E-state index in [1.807, 2.05) is 0 Å². The van der Waals surface area contributed by atoms with Crippen molar-refractivity contribution in [2.45, 2.75) is 117 Å². The maximum Gasteiger partial charge on any atom is 0.133 e. The summed E-state index contributed by atoms with van der Waals surface area (Å²) in [7, 11) is 0. The van der Waals surface area contributed by atoms with Gasteiger partial charge in [-0.05, 0) is 84.2 Å². The highest BCUT2D eigenvalue weighted by molar-refractivity contribution is 5.80. The third-order valence-corrected chi connectivity index (χ3v) is 9.90. The van der Waals surface area contributed by atoms with Gasteiger partial charge >= 0.3 is 0 Å². The first-order chi connectivity index (χ1) is 15.3. The fourth-order valence-electron chi connectivity index (χ4n) is 7.98. The van der Waals surface area contributed by atoms with Crippen molar-refractivity contribution in [2.24, 2.45) is 23.7 Å². The molecule has 0 N–H and O–H groups in total. The Morgan fingerprint density at radius 3 is 1.41 bits per heavy atom. The Morgan fingerprint density at radius 1 is 0.719 bits per heavy atom. The quantitative estimate of drug-likeness (QED) is 0.415. The molecule has 0 spiro atoms. The minimum Gasteiger partial charge on any atom is -0.300 e. The van der Waals surface area contributed by atoms with Crippen LogP contribution in [0.4, 0.5) is 0 Å². The SMILES string of the molecule is CCC(CC)(c1cccc(C(CC)(CC)C2CCC(=O)CC2C)c1)C1CCC(=O)CC1C. The van der Waals surface area contributed by atoms with Crippen molar-refractivity contribution in [3.05, 3.63) is 35.4 Å². The summed E-state index contributed by atoms with van der Waals surface area (Å²) in [5.41, 5.74) is 3.24.